The first-order chi connectivity index (χ1) is 22.5. The summed E-state index contributed by atoms with van der Waals surface area (Å²) in [5, 5.41) is 3.31. The largest absolute Gasteiger partial charge is 0.449 e. The van der Waals surface area contributed by atoms with Crippen molar-refractivity contribution in [3.8, 4) is 11.1 Å². The molecule has 0 heterocycles. The number of Topliss-reactive ketones (excluding diaryl/α,β-unsaturated/α-hetero) is 1. The first-order valence-corrected chi connectivity index (χ1v) is 16.1. The number of alkyl carbamates (subject to hydrolysis) is 1. The first-order valence-electron chi connectivity index (χ1n) is 15.7. The van der Waals surface area contributed by atoms with Gasteiger partial charge in [-0.25, -0.2) is 4.79 Å². The molecule has 5 aromatic rings. The van der Waals surface area contributed by atoms with Crippen molar-refractivity contribution in [3.05, 3.63) is 172 Å². The second-order valence-electron chi connectivity index (χ2n) is 11.5. The molecule has 0 aromatic heterocycles. The highest BCUT2D eigenvalue weighted by Gasteiger charge is 2.30. The molecule has 0 spiro atoms. The number of halogens is 1. The predicted molar refractivity (Wildman–Crippen MR) is 184 cm³/mol. The minimum absolute atomic E-state index is 0.0735. The van der Waals surface area contributed by atoms with Gasteiger partial charge >= 0.3 is 6.09 Å². The lowest BCUT2D eigenvalue weighted by Crippen LogP contribution is -2.41. The summed E-state index contributed by atoms with van der Waals surface area (Å²) >= 11 is 6.91. The van der Waals surface area contributed by atoms with E-state index in [1.54, 1.807) is 12.1 Å². The van der Waals surface area contributed by atoms with E-state index in [0.717, 1.165) is 51.3 Å². The number of ether oxygens (including phenoxy) is 1. The molecule has 6 heteroatoms. The van der Waals surface area contributed by atoms with Gasteiger partial charge in [0.2, 0.25) is 0 Å². The van der Waals surface area contributed by atoms with E-state index in [4.69, 9.17) is 22.1 Å². The molecular weight excluding hydrogens is 592 g/mol. The minimum Gasteiger partial charge on any atom is -0.449 e. The zero-order valence-corrected chi connectivity index (χ0v) is 26.3. The monoisotopic (exact) mass is 627 g/mol. The summed E-state index contributed by atoms with van der Waals surface area (Å²) in [5.41, 5.74) is 13.6. The van der Waals surface area contributed by atoms with Crippen molar-refractivity contribution in [2.24, 2.45) is 5.73 Å². The Labute approximate surface area is 275 Å². The maximum absolute atomic E-state index is 13.9. The molecule has 0 aliphatic heterocycles. The van der Waals surface area contributed by atoms with Gasteiger partial charge in [0.15, 0.2) is 5.78 Å². The van der Waals surface area contributed by atoms with Gasteiger partial charge in [-0.1, -0.05) is 133 Å². The molecule has 0 fully saturated rings. The van der Waals surface area contributed by atoms with Gasteiger partial charge in [0.25, 0.3) is 0 Å². The number of nitrogens with two attached hydrogens (primary N) is 1. The van der Waals surface area contributed by atoms with Crippen LogP contribution in [0.4, 0.5) is 4.79 Å². The predicted octanol–water partition coefficient (Wildman–Crippen LogP) is 8.58. The number of nitrogens with one attached hydrogen (secondary N) is 1. The zero-order chi connectivity index (χ0) is 31.9. The van der Waals surface area contributed by atoms with E-state index in [1.165, 1.54) is 0 Å². The number of carbonyl (C=O) groups is 2. The van der Waals surface area contributed by atoms with Gasteiger partial charge in [0.05, 0.1) is 12.0 Å². The molecule has 3 N–H and O–H groups in total. The van der Waals surface area contributed by atoms with Crippen LogP contribution in [-0.4, -0.2) is 31.1 Å². The van der Waals surface area contributed by atoms with E-state index in [0.29, 0.717) is 30.0 Å². The van der Waals surface area contributed by atoms with Crippen LogP contribution in [0.25, 0.3) is 11.1 Å². The second kappa shape index (κ2) is 14.6. The fourth-order valence-corrected chi connectivity index (χ4v) is 6.58. The van der Waals surface area contributed by atoms with Gasteiger partial charge in [-0.05, 0) is 70.8 Å². The van der Waals surface area contributed by atoms with Crippen molar-refractivity contribution in [3.63, 3.8) is 0 Å². The fraction of sp³-hybridized carbons (Fsp3) is 0.175. The normalized spacial score (nSPS) is 12.8. The Hall–Kier alpha value is -4.71. The Kier molecular flexibility index (Phi) is 9.92. The number of amides is 1. The van der Waals surface area contributed by atoms with Crippen LogP contribution < -0.4 is 11.1 Å². The summed E-state index contributed by atoms with van der Waals surface area (Å²) in [5.74, 6) is 0.678. The molecule has 0 saturated carbocycles. The van der Waals surface area contributed by atoms with Crippen LogP contribution >= 0.6 is 11.6 Å². The Morgan fingerprint density at radius 1 is 0.717 bits per heavy atom. The summed E-state index contributed by atoms with van der Waals surface area (Å²) < 4.78 is 5.78. The maximum atomic E-state index is 13.9. The first kappa shape index (κ1) is 31.3. The van der Waals surface area contributed by atoms with E-state index >= 15 is 0 Å². The summed E-state index contributed by atoms with van der Waals surface area (Å²) in [4.78, 5) is 27.1. The number of rotatable bonds is 12. The summed E-state index contributed by atoms with van der Waals surface area (Å²) in [6.45, 7) is 0.672. The summed E-state index contributed by atoms with van der Waals surface area (Å²) in [6, 6.07) is 41.1. The number of hydrogen-bond donors (Lipinski definition) is 2. The molecule has 1 radical (unpaired) electrons. The van der Waals surface area contributed by atoms with Gasteiger partial charge in [-0.2, -0.15) is 0 Å². The van der Waals surface area contributed by atoms with Crippen LogP contribution in [0.5, 0.6) is 0 Å². The van der Waals surface area contributed by atoms with Crippen molar-refractivity contribution in [1.82, 2.24) is 5.32 Å². The molecule has 1 amide bonds. The van der Waals surface area contributed by atoms with Crippen LogP contribution in [0.3, 0.4) is 0 Å². The van der Waals surface area contributed by atoms with E-state index < -0.39 is 12.1 Å². The highest BCUT2D eigenvalue weighted by atomic mass is 35.5. The highest BCUT2D eigenvalue weighted by Crippen LogP contribution is 2.44. The van der Waals surface area contributed by atoms with E-state index in [2.05, 4.69) is 29.6 Å². The van der Waals surface area contributed by atoms with E-state index in [9.17, 15) is 9.59 Å². The molecule has 1 aliphatic rings. The number of benzene rings is 5. The molecule has 0 unspecified atom stereocenters. The number of carbonyl (C=O) groups excluding carboxylic acids is 2. The van der Waals surface area contributed by atoms with E-state index in [-0.39, 0.29) is 18.3 Å². The van der Waals surface area contributed by atoms with Gasteiger partial charge in [-0.3, -0.25) is 4.79 Å². The standard InChI is InChI=1S/C40H36ClN2O3/c41-36-25-29(22-23-34(36)38(27-13-3-1-4-14-27)28-15-5-2-6-16-28)39(44)37(21-11-12-24-42)43-40(45)46-26-35-32-19-9-7-17-30(32)31-18-8-10-20-33(31)35/h1-10,13-20,22-23,25,35,37H,11-12,21,24,26,42H2,(H,43,45)/t37-/m0/s1. The molecule has 0 saturated heterocycles. The zero-order valence-electron chi connectivity index (χ0n) is 25.5. The Bertz CT molecular complexity index is 1720. The average Bonchev–Trinajstić information content (AvgIpc) is 3.42. The third kappa shape index (κ3) is 6.76. The summed E-state index contributed by atoms with van der Waals surface area (Å²) in [7, 11) is 0. The molecule has 1 atom stereocenters. The lowest BCUT2D eigenvalue weighted by atomic mass is 9.84. The maximum Gasteiger partial charge on any atom is 0.407 e. The third-order valence-electron chi connectivity index (χ3n) is 8.55. The Morgan fingerprint density at radius 3 is 1.85 bits per heavy atom. The highest BCUT2D eigenvalue weighted by molar-refractivity contribution is 6.32. The molecule has 6 rings (SSSR count). The lowest BCUT2D eigenvalue weighted by Gasteiger charge is -2.21. The number of ketones is 1. The Morgan fingerprint density at radius 2 is 1.28 bits per heavy atom. The SMILES string of the molecule is NCCCC[C@H](NC(=O)OCC1c2ccccc2-c2ccccc21)C(=O)c1ccc([C](c2ccccc2)c2ccccc2)c(Cl)c1. The molecular formula is C40H36ClN2O3. The quantitative estimate of drug-likeness (QED) is 0.0825. The Balaban J connectivity index is 1.20. The van der Waals surface area contributed by atoms with Crippen LogP contribution in [-0.2, 0) is 4.74 Å². The van der Waals surface area contributed by atoms with E-state index in [1.807, 2.05) is 91.0 Å². The number of hydrogen-bond acceptors (Lipinski definition) is 4. The van der Waals surface area contributed by atoms with Gasteiger partial charge < -0.3 is 15.8 Å². The van der Waals surface area contributed by atoms with Crippen molar-refractivity contribution in [2.45, 2.75) is 31.2 Å². The molecule has 5 nitrogen and oxygen atoms in total. The van der Waals surface area contributed by atoms with Crippen molar-refractivity contribution in [1.29, 1.82) is 0 Å². The van der Waals surface area contributed by atoms with Crippen LogP contribution in [0, 0.1) is 5.92 Å². The molecule has 0 bridgehead atoms. The minimum atomic E-state index is -0.782. The third-order valence-corrected chi connectivity index (χ3v) is 8.86. The molecule has 1 aliphatic carbocycles. The topological polar surface area (TPSA) is 81.4 Å². The summed E-state index contributed by atoms with van der Waals surface area (Å²) in [6.07, 6.45) is 1.23. The van der Waals surface area contributed by atoms with Gasteiger partial charge in [0.1, 0.15) is 6.61 Å². The number of fused-ring (bicyclic) bond motifs is 3. The van der Waals surface area contributed by atoms with Crippen LogP contribution in [0.2, 0.25) is 5.02 Å². The van der Waals surface area contributed by atoms with Crippen molar-refractivity contribution in [2.75, 3.05) is 13.2 Å². The van der Waals surface area contributed by atoms with Crippen LogP contribution in [0.15, 0.2) is 127 Å². The fourth-order valence-electron chi connectivity index (χ4n) is 6.30. The molecule has 46 heavy (non-hydrogen) atoms. The van der Waals surface area contributed by atoms with Gasteiger partial charge in [0, 0.05) is 16.5 Å². The van der Waals surface area contributed by atoms with Crippen LogP contribution in [0.1, 0.15) is 63.4 Å². The smallest absolute Gasteiger partial charge is 0.407 e. The second-order valence-corrected chi connectivity index (χ2v) is 11.9. The van der Waals surface area contributed by atoms with Gasteiger partial charge in [-0.15, -0.1) is 0 Å². The molecule has 231 valence electrons. The molecule has 5 aromatic carbocycles. The van der Waals surface area contributed by atoms with Crippen molar-refractivity contribution >= 4 is 23.5 Å². The van der Waals surface area contributed by atoms with Crippen molar-refractivity contribution < 1.29 is 14.3 Å². The lowest BCUT2D eigenvalue weighted by molar-refractivity contribution is 0.0912. The average molecular weight is 628 g/mol. The number of unbranched alkanes of at least 4 members (excludes halogenated alkanes) is 1.